The van der Waals surface area contributed by atoms with E-state index in [1.807, 2.05) is 0 Å². The van der Waals surface area contributed by atoms with Crippen molar-refractivity contribution in [2.75, 3.05) is 0 Å². The Bertz CT molecular complexity index is 482. The van der Waals surface area contributed by atoms with E-state index in [2.05, 4.69) is 54.1 Å². The van der Waals surface area contributed by atoms with Gasteiger partial charge in [-0.2, -0.15) is 0 Å². The number of hydrogen-bond donors (Lipinski definition) is 0. The van der Waals surface area contributed by atoms with Crippen LogP contribution in [-0.2, 0) is 13.1 Å². The highest BCUT2D eigenvalue weighted by Gasteiger charge is 2.10. The molecule has 0 saturated carbocycles. The van der Waals surface area contributed by atoms with Crippen molar-refractivity contribution in [3.05, 3.63) is 18.2 Å². The zero-order valence-electron chi connectivity index (χ0n) is 16.8. The van der Waals surface area contributed by atoms with Crippen LogP contribution in [0.4, 0.5) is 0 Å². The first-order chi connectivity index (χ1) is 11.8. The fourth-order valence-corrected chi connectivity index (χ4v) is 3.05. The molecule has 0 bridgehead atoms. The number of rotatable bonds is 13. The smallest absolute Gasteiger partial charge is 0.254 e. The lowest BCUT2D eigenvalue weighted by atomic mass is 10.1. The molecule has 0 saturated heterocycles. The first kappa shape index (κ1) is 24.5. The summed E-state index contributed by atoms with van der Waals surface area (Å²) in [6, 6.07) is 0. The molecule has 1 heterocycles. The molecule has 2 nitrogen and oxygen atoms in total. The molecule has 0 N–H and O–H groups in total. The van der Waals surface area contributed by atoms with Gasteiger partial charge in [0.05, 0.1) is 6.54 Å². The summed E-state index contributed by atoms with van der Waals surface area (Å²) in [5.41, 5.74) is 0. The number of hydrogen-bond acceptors (Lipinski definition) is 0. The molecule has 1 rings (SSSR count). The zero-order chi connectivity index (χ0) is 17.5. The largest absolute Gasteiger partial charge is 1.00 e. The van der Waals surface area contributed by atoms with Crippen LogP contribution in [0, 0.1) is 18.8 Å². The highest BCUT2D eigenvalue weighted by atomic mass is 127. The monoisotopic (exact) mass is 458 g/mol. The minimum Gasteiger partial charge on any atom is -1.00 e. The van der Waals surface area contributed by atoms with Crippen molar-refractivity contribution in [2.24, 2.45) is 0 Å². The lowest BCUT2D eigenvalue weighted by molar-refractivity contribution is -0.702. The van der Waals surface area contributed by atoms with Crippen LogP contribution in [-0.4, -0.2) is 4.57 Å². The van der Waals surface area contributed by atoms with E-state index in [9.17, 15) is 0 Å². The van der Waals surface area contributed by atoms with Crippen molar-refractivity contribution >= 4 is 0 Å². The maximum Gasteiger partial charge on any atom is 0.254 e. The molecule has 0 amide bonds. The van der Waals surface area contributed by atoms with Gasteiger partial charge in [0.15, 0.2) is 6.54 Å². The standard InChI is InChI=1S/C22H39N2.HI/c1-4-6-8-10-12-13-15-17-19-24-21-20-23(22(24)3)18-16-14-11-9-7-5-2;/h20-21H,4-13,15,17-19H2,1-3H3;1H/q+1;/p-1. The number of halogens is 1. The molecule has 3 heteroatoms. The van der Waals surface area contributed by atoms with Crippen LogP contribution in [0.1, 0.15) is 96.7 Å². The molecule has 0 aliphatic rings. The van der Waals surface area contributed by atoms with Crippen molar-refractivity contribution in [1.82, 2.24) is 4.57 Å². The van der Waals surface area contributed by atoms with Gasteiger partial charge < -0.3 is 24.0 Å². The minimum absolute atomic E-state index is 0. The van der Waals surface area contributed by atoms with E-state index in [0.717, 1.165) is 19.5 Å². The summed E-state index contributed by atoms with van der Waals surface area (Å²) in [5.74, 6) is 7.96. The topological polar surface area (TPSA) is 8.81 Å². The molecule has 0 fully saturated rings. The molecule has 144 valence electrons. The summed E-state index contributed by atoms with van der Waals surface area (Å²) >= 11 is 0. The van der Waals surface area contributed by atoms with Gasteiger partial charge >= 0.3 is 0 Å². The van der Waals surface area contributed by atoms with Gasteiger partial charge in [0.1, 0.15) is 12.4 Å². The fraction of sp³-hybridized carbons (Fsp3) is 0.773. The van der Waals surface area contributed by atoms with Gasteiger partial charge in [-0.05, 0) is 19.3 Å². The molecule has 1 aromatic heterocycles. The third-order valence-electron chi connectivity index (χ3n) is 4.79. The second-order valence-corrected chi connectivity index (χ2v) is 6.95. The molecule has 0 atom stereocenters. The lowest BCUT2D eigenvalue weighted by Gasteiger charge is -2.02. The summed E-state index contributed by atoms with van der Waals surface area (Å²) < 4.78 is 4.66. The van der Waals surface area contributed by atoms with Crippen LogP contribution in [0.5, 0.6) is 0 Å². The summed E-state index contributed by atoms with van der Waals surface area (Å²) in [6.07, 6.45) is 20.3. The molecule has 0 aliphatic heterocycles. The average molecular weight is 458 g/mol. The predicted octanol–water partition coefficient (Wildman–Crippen LogP) is 2.81. The molecule has 0 aliphatic carbocycles. The molecular weight excluding hydrogens is 419 g/mol. The van der Waals surface area contributed by atoms with Gasteiger partial charge in [-0.15, -0.1) is 0 Å². The first-order valence-corrected chi connectivity index (χ1v) is 10.3. The SMILES string of the molecule is CCCCCC#CCn1cc[n+](CCCCCCCCCC)c1C.[I-]. The molecule has 0 unspecified atom stereocenters. The second-order valence-electron chi connectivity index (χ2n) is 6.95. The van der Waals surface area contributed by atoms with Gasteiger partial charge in [0, 0.05) is 13.3 Å². The molecule has 1 aromatic rings. The highest BCUT2D eigenvalue weighted by Crippen LogP contribution is 2.08. The van der Waals surface area contributed by atoms with Gasteiger partial charge in [0.25, 0.3) is 5.82 Å². The van der Waals surface area contributed by atoms with Gasteiger partial charge in [-0.1, -0.05) is 77.1 Å². The Morgan fingerprint density at radius 1 is 0.840 bits per heavy atom. The van der Waals surface area contributed by atoms with E-state index in [4.69, 9.17) is 0 Å². The quantitative estimate of drug-likeness (QED) is 0.186. The van der Waals surface area contributed by atoms with Crippen LogP contribution >= 0.6 is 0 Å². The molecule has 25 heavy (non-hydrogen) atoms. The third kappa shape index (κ3) is 11.7. The predicted molar refractivity (Wildman–Crippen MR) is 104 cm³/mol. The molecule has 0 aromatic carbocycles. The molecular formula is C22H39IN2. The summed E-state index contributed by atoms with van der Waals surface area (Å²) in [6.45, 7) is 8.72. The van der Waals surface area contributed by atoms with Crippen molar-refractivity contribution in [3.8, 4) is 11.8 Å². The lowest BCUT2D eigenvalue weighted by Crippen LogP contribution is -3.00. The van der Waals surface area contributed by atoms with Crippen molar-refractivity contribution < 1.29 is 28.5 Å². The van der Waals surface area contributed by atoms with E-state index in [-0.39, 0.29) is 24.0 Å². The number of imidazole rings is 1. The van der Waals surface area contributed by atoms with E-state index in [1.54, 1.807) is 0 Å². The Kier molecular flexibility index (Phi) is 16.6. The van der Waals surface area contributed by atoms with Crippen molar-refractivity contribution in [3.63, 3.8) is 0 Å². The summed E-state index contributed by atoms with van der Waals surface area (Å²) in [7, 11) is 0. The maximum absolute atomic E-state index is 3.32. The van der Waals surface area contributed by atoms with Gasteiger partial charge in [-0.25, -0.2) is 9.13 Å². The van der Waals surface area contributed by atoms with E-state index in [1.165, 1.54) is 76.5 Å². The first-order valence-electron chi connectivity index (χ1n) is 10.3. The Hall–Kier alpha value is -0.500. The Labute approximate surface area is 173 Å². The van der Waals surface area contributed by atoms with E-state index < -0.39 is 0 Å². The minimum atomic E-state index is 0. The average Bonchev–Trinajstić information content (AvgIpc) is 2.93. The van der Waals surface area contributed by atoms with Crippen molar-refractivity contribution in [2.45, 2.75) is 111 Å². The molecule has 0 spiro atoms. The van der Waals surface area contributed by atoms with Crippen LogP contribution in [0.2, 0.25) is 0 Å². The van der Waals surface area contributed by atoms with Crippen LogP contribution < -0.4 is 28.5 Å². The van der Waals surface area contributed by atoms with Gasteiger partial charge in [-0.3, -0.25) is 0 Å². The van der Waals surface area contributed by atoms with Crippen LogP contribution in [0.3, 0.4) is 0 Å². The number of aryl methyl sites for hydroxylation is 1. The zero-order valence-corrected chi connectivity index (χ0v) is 19.0. The maximum atomic E-state index is 3.32. The molecule has 0 radical (unpaired) electrons. The highest BCUT2D eigenvalue weighted by molar-refractivity contribution is 5.00. The third-order valence-corrected chi connectivity index (χ3v) is 4.79. The normalized spacial score (nSPS) is 10.2. The summed E-state index contributed by atoms with van der Waals surface area (Å²) in [4.78, 5) is 0. The Morgan fingerprint density at radius 3 is 2.12 bits per heavy atom. The second kappa shape index (κ2) is 16.9. The van der Waals surface area contributed by atoms with E-state index >= 15 is 0 Å². The Morgan fingerprint density at radius 2 is 1.44 bits per heavy atom. The van der Waals surface area contributed by atoms with Crippen LogP contribution in [0.25, 0.3) is 0 Å². The van der Waals surface area contributed by atoms with E-state index in [0.29, 0.717) is 0 Å². The fourth-order valence-electron chi connectivity index (χ4n) is 3.05. The Balaban J connectivity index is 0.00000576. The number of unbranched alkanes of at least 4 members (excludes halogenated alkanes) is 10. The van der Waals surface area contributed by atoms with Gasteiger partial charge in [0.2, 0.25) is 0 Å². The van der Waals surface area contributed by atoms with Crippen LogP contribution in [0.15, 0.2) is 12.4 Å². The summed E-state index contributed by atoms with van der Waals surface area (Å²) in [5, 5.41) is 0. The number of nitrogens with zero attached hydrogens (tertiary/aromatic N) is 2. The number of aromatic nitrogens is 2. The van der Waals surface area contributed by atoms with Crippen molar-refractivity contribution in [1.29, 1.82) is 0 Å².